The molecular formula is C32H30ClFN6O4. The number of benzene rings is 2. The molecule has 2 aromatic carbocycles. The Labute approximate surface area is 257 Å². The van der Waals surface area contributed by atoms with E-state index in [1.54, 1.807) is 31.8 Å². The van der Waals surface area contributed by atoms with Crippen molar-refractivity contribution in [3.05, 3.63) is 89.6 Å². The molecule has 0 saturated heterocycles. The van der Waals surface area contributed by atoms with Crippen molar-refractivity contribution in [3.63, 3.8) is 0 Å². The number of nitrogens with one attached hydrogen (secondary N) is 1. The molecule has 1 saturated carbocycles. The zero-order valence-corrected chi connectivity index (χ0v) is 24.6. The van der Waals surface area contributed by atoms with Crippen molar-refractivity contribution in [1.82, 2.24) is 29.8 Å². The van der Waals surface area contributed by atoms with Crippen molar-refractivity contribution >= 4 is 28.5 Å². The number of pyridine rings is 1. The fraction of sp³-hybridized carbons (Fsp3) is 0.281. The van der Waals surface area contributed by atoms with E-state index in [9.17, 15) is 14.3 Å². The van der Waals surface area contributed by atoms with E-state index in [1.165, 1.54) is 18.2 Å². The number of nitrogens with zero attached hydrogens (tertiary/aromatic N) is 5. The first-order chi connectivity index (χ1) is 21.4. The van der Waals surface area contributed by atoms with Crippen LogP contribution in [0.1, 0.15) is 35.7 Å². The number of aliphatic hydroxyl groups is 1. The lowest BCUT2D eigenvalue weighted by atomic mass is 9.87. The van der Waals surface area contributed by atoms with Crippen molar-refractivity contribution in [1.29, 1.82) is 0 Å². The Balaban J connectivity index is 1.44. The number of methoxy groups -OCH3 is 1. The third-order valence-electron chi connectivity index (χ3n) is 7.69. The number of hydrogen-bond donors (Lipinski definition) is 2. The van der Waals surface area contributed by atoms with Gasteiger partial charge in [0, 0.05) is 36.6 Å². The molecule has 1 fully saturated rings. The van der Waals surface area contributed by atoms with Gasteiger partial charge in [-0.05, 0) is 61.7 Å². The minimum Gasteiger partial charge on any atom is -0.490 e. The summed E-state index contributed by atoms with van der Waals surface area (Å²) in [7, 11) is 1.64. The standard InChI is InChI=1S/C32H30ClFN6O4/c1-43-22-15-20(38-32(42)24-13-19(33)7-8-25(24)34)14-21(16-22)40-28-17-26(30-35-9-4-10-36-30)37-18-27(28)39-31(40)23-5-2-3-6-29(23)44-12-11-41/h2-10,13,17-18,20-22,41H,11-12,14-16H2,1H3,(H,38,42)/t20?,21-,22-/m0/s1. The number of amides is 1. The van der Waals surface area contributed by atoms with Gasteiger partial charge in [-0.3, -0.25) is 9.78 Å². The molecule has 3 atom stereocenters. The number of hydrogen-bond acceptors (Lipinski definition) is 8. The Kier molecular flexibility index (Phi) is 8.78. The van der Waals surface area contributed by atoms with Crippen LogP contribution in [0.3, 0.4) is 0 Å². The van der Waals surface area contributed by atoms with E-state index in [-0.39, 0.29) is 42.0 Å². The highest BCUT2D eigenvalue weighted by Crippen LogP contribution is 2.40. The number of para-hydroxylation sites is 1. The molecule has 1 aliphatic rings. The highest BCUT2D eigenvalue weighted by atomic mass is 35.5. The number of carbonyl (C=O) groups is 1. The summed E-state index contributed by atoms with van der Waals surface area (Å²) >= 11 is 6.06. The third-order valence-corrected chi connectivity index (χ3v) is 7.93. The van der Waals surface area contributed by atoms with Gasteiger partial charge in [-0.15, -0.1) is 0 Å². The van der Waals surface area contributed by atoms with Crippen molar-refractivity contribution < 1.29 is 23.8 Å². The zero-order chi connectivity index (χ0) is 30.6. The second kappa shape index (κ2) is 13.0. The van der Waals surface area contributed by atoms with Gasteiger partial charge in [-0.25, -0.2) is 19.3 Å². The van der Waals surface area contributed by atoms with Gasteiger partial charge in [0.15, 0.2) is 5.82 Å². The van der Waals surface area contributed by atoms with Crippen molar-refractivity contribution in [2.45, 2.75) is 37.5 Å². The van der Waals surface area contributed by atoms with E-state index >= 15 is 0 Å². The molecule has 0 spiro atoms. The molecule has 2 N–H and O–H groups in total. The Bertz CT molecular complexity index is 1790. The summed E-state index contributed by atoms with van der Waals surface area (Å²) < 4.78 is 28.4. The molecule has 1 unspecified atom stereocenters. The number of rotatable bonds is 9. The van der Waals surface area contributed by atoms with E-state index in [2.05, 4.69) is 24.8 Å². The molecular weight excluding hydrogens is 587 g/mol. The van der Waals surface area contributed by atoms with Gasteiger partial charge in [0.25, 0.3) is 5.91 Å². The van der Waals surface area contributed by atoms with Crippen molar-refractivity contribution in [3.8, 4) is 28.7 Å². The fourth-order valence-electron chi connectivity index (χ4n) is 5.74. The normalized spacial score (nSPS) is 18.3. The summed E-state index contributed by atoms with van der Waals surface area (Å²) in [6, 6.07) is 14.5. The smallest absolute Gasteiger partial charge is 0.254 e. The first kappa shape index (κ1) is 29.6. The van der Waals surface area contributed by atoms with Crippen LogP contribution < -0.4 is 10.1 Å². The molecule has 0 radical (unpaired) electrons. The number of halogens is 2. The minimum atomic E-state index is -0.645. The first-order valence-electron chi connectivity index (χ1n) is 14.2. The Morgan fingerprint density at radius 2 is 1.91 bits per heavy atom. The maximum atomic E-state index is 14.5. The predicted molar refractivity (Wildman–Crippen MR) is 163 cm³/mol. The van der Waals surface area contributed by atoms with Crippen LogP contribution in [0.15, 0.2) is 73.2 Å². The van der Waals surface area contributed by atoms with Gasteiger partial charge in [0.05, 0.1) is 35.6 Å². The van der Waals surface area contributed by atoms with Gasteiger partial charge < -0.3 is 24.5 Å². The lowest BCUT2D eigenvalue weighted by Gasteiger charge is -2.36. The van der Waals surface area contributed by atoms with E-state index < -0.39 is 11.7 Å². The molecule has 0 aliphatic heterocycles. The average Bonchev–Trinajstić information content (AvgIpc) is 3.44. The summed E-state index contributed by atoms with van der Waals surface area (Å²) in [4.78, 5) is 31.5. The molecule has 0 bridgehead atoms. The van der Waals surface area contributed by atoms with Gasteiger partial charge in [0.2, 0.25) is 0 Å². The average molecular weight is 617 g/mol. The van der Waals surface area contributed by atoms with Crippen LogP contribution in [0.25, 0.3) is 33.9 Å². The second-order valence-corrected chi connectivity index (χ2v) is 11.0. The zero-order valence-electron chi connectivity index (χ0n) is 23.9. The molecule has 12 heteroatoms. The van der Waals surface area contributed by atoms with Crippen LogP contribution in [0.5, 0.6) is 5.75 Å². The van der Waals surface area contributed by atoms with Crippen LogP contribution in [0, 0.1) is 5.82 Å². The summed E-state index contributed by atoms with van der Waals surface area (Å²) in [6.07, 6.45) is 6.50. The molecule has 6 rings (SSSR count). The lowest BCUT2D eigenvalue weighted by Crippen LogP contribution is -2.43. The van der Waals surface area contributed by atoms with Crippen LogP contribution in [0.4, 0.5) is 4.39 Å². The first-order valence-corrected chi connectivity index (χ1v) is 14.6. The maximum Gasteiger partial charge on any atom is 0.254 e. The monoisotopic (exact) mass is 616 g/mol. The van der Waals surface area contributed by atoms with Crippen LogP contribution in [-0.4, -0.2) is 68.0 Å². The van der Waals surface area contributed by atoms with Gasteiger partial charge >= 0.3 is 0 Å². The van der Waals surface area contributed by atoms with Crippen molar-refractivity contribution in [2.24, 2.45) is 0 Å². The topological polar surface area (TPSA) is 124 Å². The molecule has 44 heavy (non-hydrogen) atoms. The number of fused-ring (bicyclic) bond motifs is 1. The molecule has 226 valence electrons. The number of imidazole rings is 1. The predicted octanol–water partition coefficient (Wildman–Crippen LogP) is 5.26. The maximum absolute atomic E-state index is 14.5. The van der Waals surface area contributed by atoms with E-state index in [4.69, 9.17) is 26.1 Å². The molecule has 1 aliphatic carbocycles. The van der Waals surface area contributed by atoms with E-state index in [0.29, 0.717) is 47.9 Å². The Morgan fingerprint density at radius 3 is 2.70 bits per heavy atom. The quantitative estimate of drug-likeness (QED) is 0.230. The number of aromatic nitrogens is 5. The number of aliphatic hydroxyl groups excluding tert-OH is 1. The van der Waals surface area contributed by atoms with Crippen LogP contribution in [0.2, 0.25) is 5.02 Å². The highest BCUT2D eigenvalue weighted by Gasteiger charge is 2.34. The fourth-order valence-corrected chi connectivity index (χ4v) is 5.91. The molecule has 10 nitrogen and oxygen atoms in total. The minimum absolute atomic E-state index is 0.115. The van der Waals surface area contributed by atoms with E-state index in [1.807, 2.05) is 30.3 Å². The summed E-state index contributed by atoms with van der Waals surface area (Å²) in [6.45, 7) is -0.0144. The molecule has 1 amide bonds. The summed E-state index contributed by atoms with van der Waals surface area (Å²) in [5, 5.41) is 12.7. The number of ether oxygens (including phenoxy) is 2. The molecule has 3 heterocycles. The Morgan fingerprint density at radius 1 is 1.09 bits per heavy atom. The van der Waals surface area contributed by atoms with Crippen LogP contribution >= 0.6 is 11.6 Å². The van der Waals surface area contributed by atoms with E-state index in [0.717, 1.165) is 11.1 Å². The van der Waals surface area contributed by atoms with Crippen molar-refractivity contribution in [2.75, 3.05) is 20.3 Å². The lowest BCUT2D eigenvalue weighted by molar-refractivity contribution is 0.0397. The SMILES string of the molecule is CO[C@H]1CC(NC(=O)c2cc(Cl)ccc2F)C[C@H](n2c(-c3ccccc3OCCO)nc3cnc(-c4ncccn4)cc32)C1. The third kappa shape index (κ3) is 6.12. The van der Waals surface area contributed by atoms with Crippen LogP contribution in [-0.2, 0) is 4.74 Å². The molecule has 5 aromatic rings. The number of carbonyl (C=O) groups excluding carboxylic acids is 1. The highest BCUT2D eigenvalue weighted by molar-refractivity contribution is 6.31. The van der Waals surface area contributed by atoms with Gasteiger partial charge in [0.1, 0.15) is 35.2 Å². The summed E-state index contributed by atoms with van der Waals surface area (Å²) in [5.74, 6) is 0.486. The van der Waals surface area contributed by atoms with Gasteiger partial charge in [-0.1, -0.05) is 23.7 Å². The Hall–Kier alpha value is -4.45. The summed E-state index contributed by atoms with van der Waals surface area (Å²) in [5.41, 5.74) is 2.64. The second-order valence-electron chi connectivity index (χ2n) is 10.5. The largest absolute Gasteiger partial charge is 0.490 e. The molecule has 3 aromatic heterocycles. The van der Waals surface area contributed by atoms with Gasteiger partial charge in [-0.2, -0.15) is 0 Å².